The number of rotatable bonds is 5. The van der Waals surface area contributed by atoms with Crippen LogP contribution in [-0.4, -0.2) is 13.1 Å². The zero-order valence-corrected chi connectivity index (χ0v) is 10.5. The van der Waals surface area contributed by atoms with Gasteiger partial charge in [-0.3, -0.25) is 0 Å². The second-order valence-corrected chi connectivity index (χ2v) is 4.71. The van der Waals surface area contributed by atoms with Gasteiger partial charge in [-0.1, -0.05) is 19.8 Å². The van der Waals surface area contributed by atoms with Crippen molar-refractivity contribution in [2.45, 2.75) is 58.4 Å². The van der Waals surface area contributed by atoms with Crippen molar-refractivity contribution in [1.82, 2.24) is 5.32 Å². The molecular weight excluding hydrogens is 182 g/mol. The molecule has 3 atom stereocenters. The van der Waals surface area contributed by atoms with Gasteiger partial charge in [0.1, 0.15) is 0 Å². The molecule has 1 nitrogen and oxygen atoms in total. The monoisotopic (exact) mass is 207 g/mol. The molecular formula is C14H25N. The van der Waals surface area contributed by atoms with Crippen molar-refractivity contribution in [3.05, 3.63) is 0 Å². The van der Waals surface area contributed by atoms with Crippen molar-refractivity contribution < 1.29 is 0 Å². The molecule has 0 spiro atoms. The number of hydrogen-bond donors (Lipinski definition) is 1. The van der Waals surface area contributed by atoms with Gasteiger partial charge in [-0.05, 0) is 45.1 Å². The van der Waals surface area contributed by atoms with E-state index in [1.165, 1.54) is 32.1 Å². The fourth-order valence-corrected chi connectivity index (χ4v) is 2.82. The van der Waals surface area contributed by atoms with Crippen LogP contribution in [0.3, 0.4) is 0 Å². The molecule has 1 saturated carbocycles. The van der Waals surface area contributed by atoms with Crippen LogP contribution >= 0.6 is 0 Å². The topological polar surface area (TPSA) is 12.0 Å². The summed E-state index contributed by atoms with van der Waals surface area (Å²) in [6, 6.07) is 0.697. The van der Waals surface area contributed by atoms with Gasteiger partial charge in [0.25, 0.3) is 0 Å². The van der Waals surface area contributed by atoms with Crippen molar-refractivity contribution in [3.8, 4) is 11.8 Å². The van der Waals surface area contributed by atoms with Crippen LogP contribution in [0.1, 0.15) is 52.4 Å². The molecule has 3 unspecified atom stereocenters. The first-order valence-corrected chi connectivity index (χ1v) is 6.38. The Bertz CT molecular complexity index is 223. The zero-order chi connectivity index (χ0) is 11.1. The fraction of sp³-hybridized carbons (Fsp3) is 0.857. The molecule has 0 aromatic heterocycles. The Hall–Kier alpha value is -0.480. The Morgan fingerprint density at radius 2 is 2.20 bits per heavy atom. The SMILES string of the molecule is CC#CCCC(NC)C1CCC(CC)C1. The van der Waals surface area contributed by atoms with Crippen LogP contribution in [0.25, 0.3) is 0 Å². The van der Waals surface area contributed by atoms with Crippen molar-refractivity contribution in [2.24, 2.45) is 11.8 Å². The molecule has 1 aliphatic carbocycles. The van der Waals surface area contributed by atoms with E-state index in [1.54, 1.807) is 0 Å². The predicted molar refractivity (Wildman–Crippen MR) is 66.7 cm³/mol. The summed E-state index contributed by atoms with van der Waals surface area (Å²) in [6.07, 6.45) is 7.93. The van der Waals surface area contributed by atoms with E-state index in [1.807, 2.05) is 6.92 Å². The molecule has 1 fully saturated rings. The summed E-state index contributed by atoms with van der Waals surface area (Å²) in [5.41, 5.74) is 0. The summed E-state index contributed by atoms with van der Waals surface area (Å²) in [7, 11) is 2.10. The largest absolute Gasteiger partial charge is 0.317 e. The molecule has 0 aliphatic heterocycles. The normalized spacial score (nSPS) is 27.1. The van der Waals surface area contributed by atoms with E-state index < -0.39 is 0 Å². The van der Waals surface area contributed by atoms with Crippen molar-refractivity contribution in [3.63, 3.8) is 0 Å². The zero-order valence-electron chi connectivity index (χ0n) is 10.5. The molecule has 1 heteroatoms. The standard InChI is InChI=1S/C14H25N/c1-4-6-7-8-14(15-3)13-10-9-12(5-2)11-13/h12-15H,5,7-11H2,1-3H3. The predicted octanol–water partition coefficient (Wildman–Crippen LogP) is 3.20. The quantitative estimate of drug-likeness (QED) is 0.683. The lowest BCUT2D eigenvalue weighted by molar-refractivity contribution is 0.349. The van der Waals surface area contributed by atoms with Gasteiger partial charge in [-0.2, -0.15) is 0 Å². The van der Waals surface area contributed by atoms with E-state index in [2.05, 4.69) is 31.1 Å². The summed E-state index contributed by atoms with van der Waals surface area (Å²) < 4.78 is 0. The third-order valence-electron chi connectivity index (χ3n) is 3.86. The van der Waals surface area contributed by atoms with Gasteiger partial charge < -0.3 is 5.32 Å². The summed E-state index contributed by atoms with van der Waals surface area (Å²) in [5.74, 6) is 8.04. The van der Waals surface area contributed by atoms with Crippen molar-refractivity contribution in [2.75, 3.05) is 7.05 Å². The fourth-order valence-electron chi connectivity index (χ4n) is 2.82. The van der Waals surface area contributed by atoms with Gasteiger partial charge in [0.05, 0.1) is 0 Å². The van der Waals surface area contributed by atoms with Gasteiger partial charge in [0.15, 0.2) is 0 Å². The third kappa shape index (κ3) is 3.87. The van der Waals surface area contributed by atoms with Crippen LogP contribution in [0.5, 0.6) is 0 Å². The number of hydrogen-bond acceptors (Lipinski definition) is 1. The van der Waals surface area contributed by atoms with E-state index in [-0.39, 0.29) is 0 Å². The van der Waals surface area contributed by atoms with Crippen molar-refractivity contribution >= 4 is 0 Å². The Labute approximate surface area is 95.0 Å². The summed E-state index contributed by atoms with van der Waals surface area (Å²) >= 11 is 0. The minimum atomic E-state index is 0.697. The molecule has 15 heavy (non-hydrogen) atoms. The molecule has 0 aromatic carbocycles. The highest BCUT2D eigenvalue weighted by Gasteiger charge is 2.28. The summed E-state index contributed by atoms with van der Waals surface area (Å²) in [6.45, 7) is 4.25. The lowest BCUT2D eigenvalue weighted by Crippen LogP contribution is -2.32. The highest BCUT2D eigenvalue weighted by molar-refractivity contribution is 4.96. The van der Waals surface area contributed by atoms with Crippen LogP contribution in [0.4, 0.5) is 0 Å². The second-order valence-electron chi connectivity index (χ2n) is 4.71. The molecule has 1 aliphatic rings. The van der Waals surface area contributed by atoms with Crippen LogP contribution in [0.2, 0.25) is 0 Å². The first-order valence-electron chi connectivity index (χ1n) is 6.38. The molecule has 0 saturated heterocycles. The Balaban J connectivity index is 2.34. The minimum Gasteiger partial charge on any atom is -0.317 e. The van der Waals surface area contributed by atoms with Gasteiger partial charge in [0.2, 0.25) is 0 Å². The maximum absolute atomic E-state index is 3.48. The van der Waals surface area contributed by atoms with Gasteiger partial charge in [-0.15, -0.1) is 11.8 Å². The first-order chi connectivity index (χ1) is 7.31. The average Bonchev–Trinajstić information content (AvgIpc) is 2.73. The van der Waals surface area contributed by atoms with Gasteiger partial charge >= 0.3 is 0 Å². The Morgan fingerprint density at radius 3 is 2.73 bits per heavy atom. The molecule has 0 radical (unpaired) electrons. The van der Waals surface area contributed by atoms with E-state index in [9.17, 15) is 0 Å². The Kier molecular flexibility index (Phi) is 5.79. The number of nitrogens with one attached hydrogen (secondary N) is 1. The average molecular weight is 207 g/mol. The third-order valence-corrected chi connectivity index (χ3v) is 3.86. The van der Waals surface area contributed by atoms with Gasteiger partial charge in [-0.25, -0.2) is 0 Å². The van der Waals surface area contributed by atoms with Crippen LogP contribution in [0, 0.1) is 23.7 Å². The molecule has 86 valence electrons. The molecule has 1 rings (SSSR count). The van der Waals surface area contributed by atoms with Crippen molar-refractivity contribution in [1.29, 1.82) is 0 Å². The summed E-state index contributed by atoms with van der Waals surface area (Å²) in [4.78, 5) is 0. The maximum Gasteiger partial charge on any atom is 0.0103 e. The van der Waals surface area contributed by atoms with E-state index in [4.69, 9.17) is 0 Å². The first kappa shape index (κ1) is 12.6. The van der Waals surface area contributed by atoms with Gasteiger partial charge in [0, 0.05) is 12.5 Å². The lowest BCUT2D eigenvalue weighted by Gasteiger charge is -2.22. The summed E-state index contributed by atoms with van der Waals surface area (Å²) in [5, 5.41) is 3.48. The maximum atomic E-state index is 3.48. The van der Waals surface area contributed by atoms with E-state index in [0.29, 0.717) is 6.04 Å². The highest BCUT2D eigenvalue weighted by Crippen LogP contribution is 2.35. The molecule has 1 N–H and O–H groups in total. The molecule has 0 bridgehead atoms. The smallest absolute Gasteiger partial charge is 0.0103 e. The minimum absolute atomic E-state index is 0.697. The molecule has 0 heterocycles. The van der Waals surface area contributed by atoms with E-state index in [0.717, 1.165) is 18.3 Å². The van der Waals surface area contributed by atoms with Crippen LogP contribution < -0.4 is 5.32 Å². The lowest BCUT2D eigenvalue weighted by atomic mass is 9.93. The second kappa shape index (κ2) is 6.90. The van der Waals surface area contributed by atoms with E-state index >= 15 is 0 Å². The molecule has 0 aromatic rings. The van der Waals surface area contributed by atoms with Crippen LogP contribution in [-0.2, 0) is 0 Å². The Morgan fingerprint density at radius 1 is 1.40 bits per heavy atom. The van der Waals surface area contributed by atoms with Crippen LogP contribution in [0.15, 0.2) is 0 Å². The molecule has 0 amide bonds. The highest BCUT2D eigenvalue weighted by atomic mass is 14.9.